The number of rotatable bonds is 5. The van der Waals surface area contributed by atoms with Gasteiger partial charge in [-0.15, -0.1) is 0 Å². The summed E-state index contributed by atoms with van der Waals surface area (Å²) in [5.74, 6) is -0.290. The van der Waals surface area contributed by atoms with E-state index >= 15 is 0 Å². The van der Waals surface area contributed by atoms with Crippen molar-refractivity contribution in [3.05, 3.63) is 100.0 Å². The van der Waals surface area contributed by atoms with Crippen molar-refractivity contribution in [3.63, 3.8) is 0 Å². The number of amides is 1. The summed E-state index contributed by atoms with van der Waals surface area (Å²) in [5, 5.41) is 5.95. The van der Waals surface area contributed by atoms with Crippen molar-refractivity contribution in [1.29, 1.82) is 0 Å². The molecule has 2 aromatic carbocycles. The summed E-state index contributed by atoms with van der Waals surface area (Å²) in [5.41, 5.74) is 0.350. The molecule has 5 aromatic rings. The largest absolute Gasteiger partial charge is 0.416 e. The summed E-state index contributed by atoms with van der Waals surface area (Å²) < 4.78 is 40.5. The third kappa shape index (κ3) is 5.28. The number of nitrogens with zero attached hydrogens (tertiary/aromatic N) is 6. The molecule has 2 N–H and O–H groups in total. The van der Waals surface area contributed by atoms with Crippen molar-refractivity contribution in [2.75, 3.05) is 10.6 Å². The number of hydrogen-bond acceptors (Lipinski definition) is 8. The minimum atomic E-state index is -4.58. The fourth-order valence-electron chi connectivity index (χ4n) is 3.89. The molecule has 13 heteroatoms. The number of hydrogen-bond donors (Lipinski definition) is 2. The van der Waals surface area contributed by atoms with Gasteiger partial charge in [0, 0.05) is 35.5 Å². The summed E-state index contributed by atoms with van der Waals surface area (Å²) in [6, 6.07) is 10.6. The number of fused-ring (bicyclic) bond motifs is 1. The number of nitrogens with one attached hydrogen (secondary N) is 2. The molecule has 0 atom stereocenters. The van der Waals surface area contributed by atoms with E-state index in [1.165, 1.54) is 16.8 Å². The molecule has 0 aliphatic rings. The minimum Gasteiger partial charge on any atom is -0.322 e. The van der Waals surface area contributed by atoms with Crippen molar-refractivity contribution in [3.8, 4) is 5.69 Å². The SMILES string of the molecule is Cc1ccc(NC(=O)c2cccc(C(F)(F)F)c2)cc1-n1c(C)c2cnc(Nc3ncccn3)nc2nc1=O. The molecule has 1 amide bonds. The number of carbonyl (C=O) groups is 1. The smallest absolute Gasteiger partial charge is 0.322 e. The fourth-order valence-corrected chi connectivity index (χ4v) is 3.89. The summed E-state index contributed by atoms with van der Waals surface area (Å²) in [4.78, 5) is 46.6. The highest BCUT2D eigenvalue weighted by Gasteiger charge is 2.31. The molecule has 3 heterocycles. The number of aryl methyl sites for hydroxylation is 2. The Hall–Kier alpha value is -5.20. The molecule has 0 fully saturated rings. The number of alkyl halides is 3. The first-order valence-electron chi connectivity index (χ1n) is 11.5. The lowest BCUT2D eigenvalue weighted by Gasteiger charge is -2.16. The Morgan fingerprint density at radius 2 is 1.69 bits per heavy atom. The predicted molar refractivity (Wildman–Crippen MR) is 137 cm³/mol. The van der Waals surface area contributed by atoms with E-state index in [0.29, 0.717) is 22.3 Å². The van der Waals surface area contributed by atoms with E-state index in [1.807, 2.05) is 0 Å². The van der Waals surface area contributed by atoms with Gasteiger partial charge >= 0.3 is 11.9 Å². The highest BCUT2D eigenvalue weighted by atomic mass is 19.4. The van der Waals surface area contributed by atoms with Gasteiger partial charge in [0.2, 0.25) is 11.9 Å². The van der Waals surface area contributed by atoms with Crippen LogP contribution in [0.1, 0.15) is 27.2 Å². The van der Waals surface area contributed by atoms with Crippen LogP contribution in [0, 0.1) is 13.8 Å². The lowest BCUT2D eigenvalue weighted by Crippen LogP contribution is -2.25. The van der Waals surface area contributed by atoms with Gasteiger partial charge < -0.3 is 5.32 Å². The normalized spacial score (nSPS) is 11.4. The van der Waals surface area contributed by atoms with Crippen LogP contribution >= 0.6 is 0 Å². The van der Waals surface area contributed by atoms with E-state index in [2.05, 4.69) is 35.6 Å². The molecule has 3 aromatic heterocycles. The lowest BCUT2D eigenvalue weighted by molar-refractivity contribution is -0.137. The third-order valence-corrected chi connectivity index (χ3v) is 5.84. The molecule has 39 heavy (non-hydrogen) atoms. The van der Waals surface area contributed by atoms with Crippen LogP contribution in [-0.2, 0) is 6.18 Å². The topological polar surface area (TPSA) is 128 Å². The quantitative estimate of drug-likeness (QED) is 0.336. The second kappa shape index (κ2) is 9.93. The molecule has 0 unspecified atom stereocenters. The van der Waals surface area contributed by atoms with E-state index in [1.54, 1.807) is 50.5 Å². The minimum absolute atomic E-state index is 0.157. The van der Waals surface area contributed by atoms with Crippen LogP contribution in [0.5, 0.6) is 0 Å². The predicted octanol–water partition coefficient (Wildman–Crippen LogP) is 4.60. The molecule has 0 saturated heterocycles. The fraction of sp³-hybridized carbons (Fsp3) is 0.115. The van der Waals surface area contributed by atoms with Crippen molar-refractivity contribution < 1.29 is 18.0 Å². The van der Waals surface area contributed by atoms with Crippen LogP contribution in [0.2, 0.25) is 0 Å². The second-order valence-corrected chi connectivity index (χ2v) is 8.48. The molecule has 0 aliphatic carbocycles. The molecule has 0 radical (unpaired) electrons. The molecular formula is C26H19F3N8O2. The first-order chi connectivity index (χ1) is 18.6. The van der Waals surface area contributed by atoms with Crippen LogP contribution in [0.25, 0.3) is 16.7 Å². The number of aromatic nitrogens is 6. The maximum atomic E-state index is 13.1. The van der Waals surface area contributed by atoms with E-state index in [9.17, 15) is 22.8 Å². The Morgan fingerprint density at radius 1 is 0.923 bits per heavy atom. The number of halogens is 3. The van der Waals surface area contributed by atoms with Gasteiger partial charge in [0.15, 0.2) is 5.65 Å². The molecule has 0 aliphatic heterocycles. The van der Waals surface area contributed by atoms with E-state index in [0.717, 1.165) is 18.2 Å². The van der Waals surface area contributed by atoms with Gasteiger partial charge in [-0.3, -0.25) is 14.7 Å². The first-order valence-corrected chi connectivity index (χ1v) is 11.5. The molecule has 0 spiro atoms. The molecule has 5 rings (SSSR count). The zero-order valence-electron chi connectivity index (χ0n) is 20.5. The van der Waals surface area contributed by atoms with Gasteiger partial charge in [-0.25, -0.2) is 19.7 Å². The Kier molecular flexibility index (Phi) is 6.48. The molecule has 10 nitrogen and oxygen atoms in total. The second-order valence-electron chi connectivity index (χ2n) is 8.48. The van der Waals surface area contributed by atoms with Crippen molar-refractivity contribution in [2.24, 2.45) is 0 Å². The number of benzene rings is 2. The average Bonchev–Trinajstić information content (AvgIpc) is 2.90. The summed E-state index contributed by atoms with van der Waals surface area (Å²) in [6.07, 6.45) is 0.0390. The number of carbonyl (C=O) groups excluding carboxylic acids is 1. The highest BCUT2D eigenvalue weighted by molar-refractivity contribution is 6.04. The summed E-state index contributed by atoms with van der Waals surface area (Å²) >= 11 is 0. The van der Waals surface area contributed by atoms with Crippen LogP contribution in [-0.4, -0.2) is 35.4 Å². The zero-order chi connectivity index (χ0) is 27.7. The van der Waals surface area contributed by atoms with E-state index < -0.39 is 23.3 Å². The van der Waals surface area contributed by atoms with Gasteiger partial charge in [-0.1, -0.05) is 12.1 Å². The van der Waals surface area contributed by atoms with Gasteiger partial charge in [0.1, 0.15) is 0 Å². The maximum absolute atomic E-state index is 13.1. The monoisotopic (exact) mass is 532 g/mol. The van der Waals surface area contributed by atoms with Crippen LogP contribution in [0.4, 0.5) is 30.8 Å². The summed E-state index contributed by atoms with van der Waals surface area (Å²) in [6.45, 7) is 3.47. The van der Waals surface area contributed by atoms with E-state index in [-0.39, 0.29) is 28.8 Å². The zero-order valence-corrected chi connectivity index (χ0v) is 20.5. The van der Waals surface area contributed by atoms with Gasteiger partial charge in [-0.2, -0.15) is 23.1 Å². The lowest BCUT2D eigenvalue weighted by atomic mass is 10.1. The molecule has 196 valence electrons. The molecule has 0 saturated carbocycles. The van der Waals surface area contributed by atoms with Gasteiger partial charge in [0.05, 0.1) is 16.6 Å². The first kappa shape index (κ1) is 25.4. The Balaban J connectivity index is 1.48. The molecule has 0 bridgehead atoms. The Bertz CT molecular complexity index is 1770. The van der Waals surface area contributed by atoms with Crippen LogP contribution in [0.15, 0.2) is 71.9 Å². The van der Waals surface area contributed by atoms with Crippen molar-refractivity contribution in [2.45, 2.75) is 20.0 Å². The van der Waals surface area contributed by atoms with Gasteiger partial charge in [0.25, 0.3) is 5.91 Å². The van der Waals surface area contributed by atoms with Crippen LogP contribution < -0.4 is 16.3 Å². The third-order valence-electron chi connectivity index (χ3n) is 5.84. The average molecular weight is 532 g/mol. The van der Waals surface area contributed by atoms with Crippen LogP contribution in [0.3, 0.4) is 0 Å². The molecular weight excluding hydrogens is 513 g/mol. The van der Waals surface area contributed by atoms with Crippen molar-refractivity contribution >= 4 is 34.5 Å². The standard InChI is InChI=1S/C26H19F3N8O2/c1-14-7-8-18(33-22(38)16-5-3-6-17(11-16)26(27,28)29)12-20(14)37-15(2)19-13-32-24(34-21(19)35-25(37)39)36-23-30-9-4-10-31-23/h3-13H,1-2H3,(H,33,38)(H,30,31,34,35,36,39). The highest BCUT2D eigenvalue weighted by Crippen LogP contribution is 2.30. The van der Waals surface area contributed by atoms with Crippen molar-refractivity contribution in [1.82, 2.24) is 29.5 Å². The number of anilines is 3. The summed E-state index contributed by atoms with van der Waals surface area (Å²) in [7, 11) is 0. The Morgan fingerprint density at radius 3 is 2.44 bits per heavy atom. The Labute approximate surface area is 218 Å². The van der Waals surface area contributed by atoms with Gasteiger partial charge in [-0.05, 0) is 55.8 Å². The van der Waals surface area contributed by atoms with E-state index in [4.69, 9.17) is 0 Å². The maximum Gasteiger partial charge on any atom is 0.416 e.